The van der Waals surface area contributed by atoms with E-state index in [4.69, 9.17) is 9.72 Å². The predicted molar refractivity (Wildman–Crippen MR) is 88.7 cm³/mol. The monoisotopic (exact) mass is 356 g/mol. The van der Waals surface area contributed by atoms with Gasteiger partial charge in [0.15, 0.2) is 5.82 Å². The Labute approximate surface area is 135 Å². The van der Waals surface area contributed by atoms with Crippen LogP contribution in [0.5, 0.6) is 0 Å². The molecule has 0 aromatic carbocycles. The highest BCUT2D eigenvalue weighted by atomic mass is 79.9. The summed E-state index contributed by atoms with van der Waals surface area (Å²) >= 11 is 3.60. The van der Waals surface area contributed by atoms with E-state index in [1.54, 1.807) is 0 Å². The first-order valence-electron chi connectivity index (χ1n) is 7.77. The van der Waals surface area contributed by atoms with Crippen LogP contribution in [0.25, 0.3) is 0 Å². The molecule has 1 atom stereocenters. The van der Waals surface area contributed by atoms with Crippen molar-refractivity contribution in [3.8, 4) is 0 Å². The lowest BCUT2D eigenvalue weighted by Crippen LogP contribution is -2.39. The van der Waals surface area contributed by atoms with Gasteiger partial charge in [-0.25, -0.2) is 9.97 Å². The van der Waals surface area contributed by atoms with Gasteiger partial charge in [0.05, 0.1) is 16.8 Å². The van der Waals surface area contributed by atoms with Crippen LogP contribution in [0.2, 0.25) is 0 Å². The van der Waals surface area contributed by atoms with Gasteiger partial charge in [-0.2, -0.15) is 0 Å². The van der Waals surface area contributed by atoms with Crippen LogP contribution >= 0.6 is 15.9 Å². The van der Waals surface area contributed by atoms with Crippen LogP contribution in [0.4, 0.5) is 5.82 Å². The Morgan fingerprint density at radius 1 is 1.33 bits per heavy atom. The normalized spacial score (nSPS) is 19.7. The minimum absolute atomic E-state index is 0.0268. The quantitative estimate of drug-likeness (QED) is 0.848. The van der Waals surface area contributed by atoms with Crippen molar-refractivity contribution in [2.75, 3.05) is 38.6 Å². The number of rotatable bonds is 6. The van der Waals surface area contributed by atoms with Crippen molar-refractivity contribution in [1.82, 2.24) is 14.9 Å². The molecular formula is C15H25BrN4O. The molecular weight excluding hydrogens is 332 g/mol. The summed E-state index contributed by atoms with van der Waals surface area (Å²) in [5.74, 6) is 1.64. The van der Waals surface area contributed by atoms with Gasteiger partial charge in [0.2, 0.25) is 0 Å². The highest BCUT2D eigenvalue weighted by molar-refractivity contribution is 9.10. The lowest BCUT2D eigenvalue weighted by molar-refractivity contribution is -0.0342. The molecule has 1 fully saturated rings. The van der Waals surface area contributed by atoms with Gasteiger partial charge in [-0.3, -0.25) is 4.90 Å². The SMILES string of the molecule is CCCc1nc(C2CN(CCC)CCO2)nc(NC)c1Br. The molecule has 5 nitrogen and oxygen atoms in total. The van der Waals surface area contributed by atoms with Crippen molar-refractivity contribution in [2.45, 2.75) is 39.2 Å². The molecule has 2 heterocycles. The van der Waals surface area contributed by atoms with E-state index in [2.05, 4.69) is 45.0 Å². The number of morpholine rings is 1. The number of nitrogens with one attached hydrogen (secondary N) is 1. The number of nitrogens with zero attached hydrogens (tertiary/aromatic N) is 3. The predicted octanol–water partition coefficient (Wildman–Crippen LogP) is 3.02. The maximum atomic E-state index is 5.90. The van der Waals surface area contributed by atoms with Crippen molar-refractivity contribution in [3.05, 3.63) is 16.0 Å². The van der Waals surface area contributed by atoms with Gasteiger partial charge >= 0.3 is 0 Å². The number of hydrogen-bond donors (Lipinski definition) is 1. The topological polar surface area (TPSA) is 50.3 Å². The van der Waals surface area contributed by atoms with Gasteiger partial charge in [-0.05, 0) is 35.3 Å². The van der Waals surface area contributed by atoms with Crippen LogP contribution in [0.15, 0.2) is 4.47 Å². The molecule has 6 heteroatoms. The van der Waals surface area contributed by atoms with Crippen LogP contribution in [0, 0.1) is 0 Å². The molecule has 0 spiro atoms. The Kier molecular flexibility index (Phi) is 6.39. The molecule has 1 aliphatic heterocycles. The number of aromatic nitrogens is 2. The van der Waals surface area contributed by atoms with Crippen LogP contribution in [-0.4, -0.2) is 48.2 Å². The Morgan fingerprint density at radius 3 is 2.81 bits per heavy atom. The third-order valence-corrected chi connectivity index (χ3v) is 4.47. The Balaban J connectivity index is 2.23. The van der Waals surface area contributed by atoms with Gasteiger partial charge < -0.3 is 10.1 Å². The molecule has 2 rings (SSSR count). The van der Waals surface area contributed by atoms with E-state index in [1.165, 1.54) is 0 Å². The summed E-state index contributed by atoms with van der Waals surface area (Å²) in [7, 11) is 1.89. The molecule has 0 radical (unpaired) electrons. The second kappa shape index (κ2) is 8.06. The molecule has 0 saturated carbocycles. The fraction of sp³-hybridized carbons (Fsp3) is 0.733. The van der Waals surface area contributed by atoms with E-state index in [-0.39, 0.29) is 6.10 Å². The average molecular weight is 357 g/mol. The first-order valence-corrected chi connectivity index (χ1v) is 8.56. The Bertz CT molecular complexity index is 467. The molecule has 1 aromatic heterocycles. The minimum atomic E-state index is -0.0268. The zero-order valence-electron chi connectivity index (χ0n) is 13.2. The van der Waals surface area contributed by atoms with E-state index in [1.807, 2.05) is 7.05 Å². The van der Waals surface area contributed by atoms with Gasteiger partial charge in [-0.1, -0.05) is 20.3 Å². The number of hydrogen-bond acceptors (Lipinski definition) is 5. The zero-order chi connectivity index (χ0) is 15.2. The molecule has 1 saturated heterocycles. The van der Waals surface area contributed by atoms with E-state index in [9.17, 15) is 0 Å². The van der Waals surface area contributed by atoms with Crippen molar-refractivity contribution >= 4 is 21.7 Å². The number of anilines is 1. The molecule has 1 aromatic rings. The number of ether oxygens (including phenoxy) is 1. The van der Waals surface area contributed by atoms with E-state index < -0.39 is 0 Å². The van der Waals surface area contributed by atoms with Gasteiger partial charge in [0.1, 0.15) is 11.9 Å². The summed E-state index contributed by atoms with van der Waals surface area (Å²) in [5.41, 5.74) is 1.06. The first-order chi connectivity index (χ1) is 10.2. The third kappa shape index (κ3) is 4.14. The van der Waals surface area contributed by atoms with Crippen LogP contribution in [-0.2, 0) is 11.2 Å². The van der Waals surface area contributed by atoms with Crippen molar-refractivity contribution in [2.24, 2.45) is 0 Å². The van der Waals surface area contributed by atoms with Crippen molar-refractivity contribution < 1.29 is 4.74 Å². The lowest BCUT2D eigenvalue weighted by atomic mass is 10.2. The summed E-state index contributed by atoms with van der Waals surface area (Å²) in [5, 5.41) is 3.14. The fourth-order valence-electron chi connectivity index (χ4n) is 2.60. The van der Waals surface area contributed by atoms with Crippen LogP contribution in [0.3, 0.4) is 0 Å². The number of aryl methyl sites for hydroxylation is 1. The van der Waals surface area contributed by atoms with Crippen molar-refractivity contribution in [3.63, 3.8) is 0 Å². The molecule has 1 N–H and O–H groups in total. The minimum Gasteiger partial charge on any atom is -0.372 e. The highest BCUT2D eigenvalue weighted by Crippen LogP contribution is 2.28. The summed E-state index contributed by atoms with van der Waals surface area (Å²) < 4.78 is 6.87. The zero-order valence-corrected chi connectivity index (χ0v) is 14.7. The van der Waals surface area contributed by atoms with Gasteiger partial charge in [0, 0.05) is 20.1 Å². The average Bonchev–Trinajstić information content (AvgIpc) is 2.50. The molecule has 1 aliphatic rings. The molecule has 118 valence electrons. The van der Waals surface area contributed by atoms with Crippen LogP contribution < -0.4 is 5.32 Å². The smallest absolute Gasteiger partial charge is 0.161 e. The Hall–Kier alpha value is -0.720. The molecule has 0 amide bonds. The first kappa shape index (κ1) is 16.6. The second-order valence-corrected chi connectivity index (χ2v) is 6.14. The highest BCUT2D eigenvalue weighted by Gasteiger charge is 2.25. The lowest BCUT2D eigenvalue weighted by Gasteiger charge is -2.32. The van der Waals surface area contributed by atoms with E-state index >= 15 is 0 Å². The Morgan fingerprint density at radius 2 is 2.14 bits per heavy atom. The summed E-state index contributed by atoms with van der Waals surface area (Å²) in [6.45, 7) is 8.11. The van der Waals surface area contributed by atoms with Gasteiger partial charge in [0.25, 0.3) is 0 Å². The maximum absolute atomic E-state index is 5.90. The van der Waals surface area contributed by atoms with E-state index in [0.29, 0.717) is 0 Å². The second-order valence-electron chi connectivity index (χ2n) is 5.35. The standard InChI is InChI=1S/C15H25BrN4O/c1-4-6-11-13(16)15(17-3)19-14(18-11)12-10-20(7-5-2)8-9-21-12/h12H,4-10H2,1-3H3,(H,17,18,19). The largest absolute Gasteiger partial charge is 0.372 e. The summed E-state index contributed by atoms with van der Waals surface area (Å²) in [6.07, 6.45) is 3.14. The van der Waals surface area contributed by atoms with Gasteiger partial charge in [-0.15, -0.1) is 0 Å². The summed E-state index contributed by atoms with van der Waals surface area (Å²) in [4.78, 5) is 11.8. The van der Waals surface area contributed by atoms with Crippen molar-refractivity contribution in [1.29, 1.82) is 0 Å². The molecule has 0 aliphatic carbocycles. The summed E-state index contributed by atoms with van der Waals surface area (Å²) in [6, 6.07) is 0. The number of halogens is 1. The maximum Gasteiger partial charge on any atom is 0.161 e. The third-order valence-electron chi connectivity index (χ3n) is 3.64. The van der Waals surface area contributed by atoms with E-state index in [0.717, 1.165) is 67.3 Å². The molecule has 21 heavy (non-hydrogen) atoms. The van der Waals surface area contributed by atoms with Crippen LogP contribution in [0.1, 0.15) is 44.3 Å². The fourth-order valence-corrected chi connectivity index (χ4v) is 3.18. The molecule has 1 unspecified atom stereocenters. The molecule has 0 bridgehead atoms.